The van der Waals surface area contributed by atoms with E-state index in [4.69, 9.17) is 10.00 Å². The van der Waals surface area contributed by atoms with Crippen LogP contribution in [0.2, 0.25) is 0 Å². The number of hydrogen-bond acceptors (Lipinski definition) is 6. The number of hydrogen-bond donors (Lipinski definition) is 1. The van der Waals surface area contributed by atoms with Crippen molar-refractivity contribution in [2.45, 2.75) is 31.8 Å². The molecular formula is C15H14N4O2S. The van der Waals surface area contributed by atoms with Crippen LogP contribution in [0.25, 0.3) is 0 Å². The normalized spacial score (nSPS) is 14.9. The average molecular weight is 314 g/mol. The predicted octanol–water partition coefficient (Wildman–Crippen LogP) is 2.69. The maximum atomic E-state index is 12.1. The first kappa shape index (κ1) is 14.5. The molecule has 1 aliphatic rings. The van der Waals surface area contributed by atoms with Crippen LogP contribution in [0.4, 0.5) is 5.13 Å². The molecule has 1 aromatic heterocycles. The van der Waals surface area contributed by atoms with Crippen molar-refractivity contribution in [3.8, 4) is 11.8 Å². The highest BCUT2D eigenvalue weighted by atomic mass is 32.1. The number of benzene rings is 1. The molecule has 7 heteroatoms. The molecular weight excluding hydrogens is 300 g/mol. The molecule has 0 unspecified atom stereocenters. The minimum absolute atomic E-state index is 0.275. The van der Waals surface area contributed by atoms with Gasteiger partial charge < -0.3 is 4.74 Å². The molecule has 112 valence electrons. The summed E-state index contributed by atoms with van der Waals surface area (Å²) in [6, 6.07) is 8.65. The molecule has 1 N–H and O–H groups in total. The molecule has 3 rings (SSSR count). The Morgan fingerprint density at radius 1 is 1.41 bits per heavy atom. The molecule has 0 bridgehead atoms. The molecule has 1 atom stereocenters. The van der Waals surface area contributed by atoms with Crippen molar-refractivity contribution in [2.24, 2.45) is 0 Å². The summed E-state index contributed by atoms with van der Waals surface area (Å²) in [5.41, 5.74) is 0.547. The standard InChI is InChI=1S/C15H14N4O2S/c1-9(21-12-6-2-10(8-16)3-7-12)13(20)17-15-19-18-14(22-15)11-4-5-11/h2-3,6-7,9,11H,4-5H2,1H3,(H,17,19,20)/t9-/m1/s1. The Kier molecular flexibility index (Phi) is 4.02. The molecule has 6 nitrogen and oxygen atoms in total. The van der Waals surface area contributed by atoms with Gasteiger partial charge in [-0.1, -0.05) is 11.3 Å². The number of carbonyl (C=O) groups is 1. The largest absolute Gasteiger partial charge is 0.481 e. The van der Waals surface area contributed by atoms with E-state index >= 15 is 0 Å². The number of amides is 1. The highest BCUT2D eigenvalue weighted by Gasteiger charge is 2.28. The van der Waals surface area contributed by atoms with Crippen molar-refractivity contribution in [1.82, 2.24) is 10.2 Å². The van der Waals surface area contributed by atoms with Crippen molar-refractivity contribution < 1.29 is 9.53 Å². The third-order valence-electron chi connectivity index (χ3n) is 3.26. The van der Waals surface area contributed by atoms with Gasteiger partial charge in [-0.2, -0.15) is 5.26 Å². The van der Waals surface area contributed by atoms with Crippen LogP contribution >= 0.6 is 11.3 Å². The first-order valence-corrected chi connectivity index (χ1v) is 7.78. The van der Waals surface area contributed by atoms with Crippen LogP contribution in [0.1, 0.15) is 36.3 Å². The van der Waals surface area contributed by atoms with E-state index in [1.807, 2.05) is 6.07 Å². The lowest BCUT2D eigenvalue weighted by Gasteiger charge is -2.13. The Morgan fingerprint density at radius 3 is 2.77 bits per heavy atom. The highest BCUT2D eigenvalue weighted by molar-refractivity contribution is 7.15. The van der Waals surface area contributed by atoms with Gasteiger partial charge in [0.25, 0.3) is 5.91 Å². The SMILES string of the molecule is C[C@@H](Oc1ccc(C#N)cc1)C(=O)Nc1nnc(C2CC2)s1. The van der Waals surface area contributed by atoms with Crippen molar-refractivity contribution in [2.75, 3.05) is 5.32 Å². The Labute approximate surface area is 131 Å². The molecule has 0 aliphatic heterocycles. The van der Waals surface area contributed by atoms with Gasteiger partial charge in [-0.15, -0.1) is 10.2 Å². The van der Waals surface area contributed by atoms with E-state index in [1.54, 1.807) is 31.2 Å². The van der Waals surface area contributed by atoms with Gasteiger partial charge in [0.05, 0.1) is 11.6 Å². The van der Waals surface area contributed by atoms with Crippen LogP contribution in [-0.4, -0.2) is 22.2 Å². The van der Waals surface area contributed by atoms with E-state index in [2.05, 4.69) is 15.5 Å². The van der Waals surface area contributed by atoms with Crippen molar-refractivity contribution in [3.63, 3.8) is 0 Å². The summed E-state index contributed by atoms with van der Waals surface area (Å²) in [5.74, 6) is 0.788. The number of rotatable bonds is 5. The number of nitrogens with one attached hydrogen (secondary N) is 1. The molecule has 1 amide bonds. The summed E-state index contributed by atoms with van der Waals surface area (Å²) in [6.07, 6.45) is 1.64. The third-order valence-corrected chi connectivity index (χ3v) is 4.26. The van der Waals surface area contributed by atoms with Gasteiger partial charge in [-0.05, 0) is 44.0 Å². The first-order chi connectivity index (χ1) is 10.7. The molecule has 1 heterocycles. The number of anilines is 1. The fourth-order valence-corrected chi connectivity index (χ4v) is 2.77. The van der Waals surface area contributed by atoms with Gasteiger partial charge >= 0.3 is 0 Å². The number of nitriles is 1. The molecule has 1 aromatic carbocycles. The fourth-order valence-electron chi connectivity index (χ4n) is 1.85. The lowest BCUT2D eigenvalue weighted by Crippen LogP contribution is -2.30. The maximum Gasteiger partial charge on any atom is 0.266 e. The molecule has 1 aliphatic carbocycles. The van der Waals surface area contributed by atoms with Crippen LogP contribution in [0.3, 0.4) is 0 Å². The van der Waals surface area contributed by atoms with Crippen molar-refractivity contribution >= 4 is 22.4 Å². The second-order valence-electron chi connectivity index (χ2n) is 5.11. The van der Waals surface area contributed by atoms with Crippen LogP contribution in [-0.2, 0) is 4.79 Å². The zero-order valence-corrected chi connectivity index (χ0v) is 12.8. The molecule has 0 radical (unpaired) electrons. The minimum Gasteiger partial charge on any atom is -0.481 e. The molecule has 0 saturated heterocycles. The van der Waals surface area contributed by atoms with E-state index in [1.165, 1.54) is 11.3 Å². The zero-order chi connectivity index (χ0) is 15.5. The Bertz CT molecular complexity index is 716. The van der Waals surface area contributed by atoms with Crippen LogP contribution in [0.5, 0.6) is 5.75 Å². The lowest BCUT2D eigenvalue weighted by molar-refractivity contribution is -0.122. The highest BCUT2D eigenvalue weighted by Crippen LogP contribution is 2.42. The number of aromatic nitrogens is 2. The number of ether oxygens (including phenoxy) is 1. The van der Waals surface area contributed by atoms with E-state index in [0.717, 1.165) is 17.8 Å². The topological polar surface area (TPSA) is 87.9 Å². The van der Waals surface area contributed by atoms with Gasteiger partial charge in [0.2, 0.25) is 5.13 Å². The number of carbonyl (C=O) groups excluding carboxylic acids is 1. The van der Waals surface area contributed by atoms with Gasteiger partial charge in [0.15, 0.2) is 6.10 Å². The predicted molar refractivity (Wildman–Crippen MR) is 81.8 cm³/mol. The second-order valence-corrected chi connectivity index (χ2v) is 6.11. The Morgan fingerprint density at radius 2 is 2.14 bits per heavy atom. The van der Waals surface area contributed by atoms with Gasteiger partial charge in [0, 0.05) is 5.92 Å². The molecule has 1 fully saturated rings. The molecule has 0 spiro atoms. The van der Waals surface area contributed by atoms with Crippen molar-refractivity contribution in [1.29, 1.82) is 5.26 Å². The quantitative estimate of drug-likeness (QED) is 0.916. The van der Waals surface area contributed by atoms with E-state index in [0.29, 0.717) is 22.4 Å². The first-order valence-electron chi connectivity index (χ1n) is 6.97. The Hall–Kier alpha value is -2.46. The van der Waals surface area contributed by atoms with Crippen molar-refractivity contribution in [3.05, 3.63) is 34.8 Å². The summed E-state index contributed by atoms with van der Waals surface area (Å²) < 4.78 is 5.55. The summed E-state index contributed by atoms with van der Waals surface area (Å²) in [6.45, 7) is 1.66. The van der Waals surface area contributed by atoms with E-state index < -0.39 is 6.10 Å². The average Bonchev–Trinajstić information content (AvgIpc) is 3.28. The smallest absolute Gasteiger partial charge is 0.266 e. The fraction of sp³-hybridized carbons (Fsp3) is 0.333. The van der Waals surface area contributed by atoms with Gasteiger partial charge in [0.1, 0.15) is 10.8 Å². The molecule has 22 heavy (non-hydrogen) atoms. The summed E-state index contributed by atoms with van der Waals surface area (Å²) in [7, 11) is 0. The maximum absolute atomic E-state index is 12.1. The summed E-state index contributed by atoms with van der Waals surface area (Å²) >= 11 is 1.41. The molecule has 2 aromatic rings. The van der Waals surface area contributed by atoms with E-state index in [9.17, 15) is 4.79 Å². The molecule has 1 saturated carbocycles. The third kappa shape index (κ3) is 3.40. The van der Waals surface area contributed by atoms with Crippen LogP contribution in [0, 0.1) is 11.3 Å². The number of nitrogens with zero attached hydrogens (tertiary/aromatic N) is 3. The monoisotopic (exact) mass is 314 g/mol. The summed E-state index contributed by atoms with van der Waals surface area (Å²) in [5, 5.41) is 21.0. The summed E-state index contributed by atoms with van der Waals surface area (Å²) in [4.78, 5) is 12.1. The Balaban J connectivity index is 1.57. The van der Waals surface area contributed by atoms with Crippen LogP contribution < -0.4 is 10.1 Å². The lowest BCUT2D eigenvalue weighted by atomic mass is 10.2. The van der Waals surface area contributed by atoms with E-state index in [-0.39, 0.29) is 5.91 Å². The second kappa shape index (κ2) is 6.12. The zero-order valence-electron chi connectivity index (χ0n) is 11.9. The minimum atomic E-state index is -0.666. The van der Waals surface area contributed by atoms with Gasteiger partial charge in [-0.3, -0.25) is 10.1 Å². The van der Waals surface area contributed by atoms with Gasteiger partial charge in [-0.25, -0.2) is 0 Å². The van der Waals surface area contributed by atoms with Crippen LogP contribution in [0.15, 0.2) is 24.3 Å².